The molecule has 14 nitrogen and oxygen atoms in total. The first kappa shape index (κ1) is 49.4. The Hall–Kier alpha value is -4.97. The second kappa shape index (κ2) is 21.0. The van der Waals surface area contributed by atoms with Crippen molar-refractivity contribution in [3.05, 3.63) is 45.6 Å². The molecule has 330 valence electrons. The first-order valence-electron chi connectivity index (χ1n) is 20.6. The lowest BCUT2D eigenvalue weighted by Crippen LogP contribution is -2.40. The molecule has 0 aliphatic carbocycles. The van der Waals surface area contributed by atoms with Gasteiger partial charge in [-0.3, -0.25) is 14.6 Å². The van der Waals surface area contributed by atoms with Gasteiger partial charge in [-0.15, -0.1) is 12.8 Å². The number of allylic oxidation sites excluding steroid dienone is 3. The van der Waals surface area contributed by atoms with E-state index in [4.69, 9.17) is 24.3 Å². The number of hydrogen-bond donors (Lipinski definition) is 5. The van der Waals surface area contributed by atoms with Gasteiger partial charge in [-0.05, 0) is 78.2 Å². The first-order chi connectivity index (χ1) is 28.3. The Labute approximate surface area is 354 Å². The SMILES string of the molecule is C#C.CO.COc1c(C)c(O)c2c(O)c3c4c(c2c1C(=O)OCC[C@@H](C)[C@@H](OC(C)=O)[C@H](C)[C@H](O)[C@H](C)C[C@@H](C)/C=C/C=C(/C)C(=O)N=3)N[C@@]1(CC[C@H](C)N(C)[C@H](C)C1)N=4. The molecule has 9 atom stereocenters. The van der Waals surface area contributed by atoms with Crippen LogP contribution in [0.5, 0.6) is 17.2 Å². The van der Waals surface area contributed by atoms with Crippen molar-refractivity contribution >= 4 is 34.3 Å². The van der Waals surface area contributed by atoms with Crippen LogP contribution in [-0.4, -0.2) is 101 Å². The van der Waals surface area contributed by atoms with Gasteiger partial charge in [0.05, 0.1) is 30.9 Å². The van der Waals surface area contributed by atoms with Crippen molar-refractivity contribution < 1.29 is 49.0 Å². The monoisotopic (exact) mass is 834 g/mol. The summed E-state index contributed by atoms with van der Waals surface area (Å²) in [6.07, 6.45) is 14.8. The molecule has 60 heavy (non-hydrogen) atoms. The van der Waals surface area contributed by atoms with Crippen molar-refractivity contribution in [2.24, 2.45) is 33.7 Å². The number of amides is 1. The van der Waals surface area contributed by atoms with Gasteiger partial charge >= 0.3 is 11.9 Å². The van der Waals surface area contributed by atoms with Crippen LogP contribution in [0.15, 0.2) is 33.8 Å². The van der Waals surface area contributed by atoms with Crippen LogP contribution in [0.1, 0.15) is 103 Å². The smallest absolute Gasteiger partial charge is 0.342 e. The third-order valence-electron chi connectivity index (χ3n) is 12.3. The van der Waals surface area contributed by atoms with E-state index in [1.165, 1.54) is 14.0 Å². The van der Waals surface area contributed by atoms with Gasteiger partial charge in [0.2, 0.25) is 0 Å². The number of carbonyl (C=O) groups is 3. The van der Waals surface area contributed by atoms with E-state index in [2.05, 4.69) is 49.0 Å². The number of anilines is 1. The Morgan fingerprint density at radius 2 is 1.63 bits per heavy atom. The van der Waals surface area contributed by atoms with E-state index in [1.54, 1.807) is 26.0 Å². The number of terminal acetylenes is 1. The second-order valence-electron chi connectivity index (χ2n) is 16.6. The molecule has 3 aliphatic rings. The first-order valence-corrected chi connectivity index (χ1v) is 20.6. The molecule has 0 saturated carbocycles. The topological polar surface area (TPSA) is 200 Å². The third-order valence-corrected chi connectivity index (χ3v) is 12.3. The van der Waals surface area contributed by atoms with Crippen molar-refractivity contribution in [3.63, 3.8) is 0 Å². The number of esters is 2. The predicted octanol–water partition coefficient (Wildman–Crippen LogP) is 5.50. The van der Waals surface area contributed by atoms with Crippen molar-refractivity contribution in [1.82, 2.24) is 4.90 Å². The van der Waals surface area contributed by atoms with Gasteiger partial charge in [-0.2, -0.15) is 0 Å². The molecule has 1 saturated heterocycles. The summed E-state index contributed by atoms with van der Waals surface area (Å²) in [7, 11) is 4.46. The molecule has 3 heterocycles. The zero-order valence-corrected chi connectivity index (χ0v) is 37.3. The highest BCUT2D eigenvalue weighted by molar-refractivity contribution is 6.16. The summed E-state index contributed by atoms with van der Waals surface area (Å²) in [5.74, 6) is -3.54. The Morgan fingerprint density at radius 3 is 2.25 bits per heavy atom. The van der Waals surface area contributed by atoms with Gasteiger partial charge in [0.1, 0.15) is 39.5 Å². The Kier molecular flexibility index (Phi) is 17.3. The highest BCUT2D eigenvalue weighted by Gasteiger charge is 2.43. The van der Waals surface area contributed by atoms with Gasteiger partial charge in [-0.1, -0.05) is 45.9 Å². The van der Waals surface area contributed by atoms with Gasteiger partial charge in [0.25, 0.3) is 5.91 Å². The quantitative estimate of drug-likeness (QED) is 0.145. The average molecular weight is 835 g/mol. The van der Waals surface area contributed by atoms with E-state index in [0.717, 1.165) is 13.5 Å². The fraction of sp³-hybridized carbons (Fsp3) is 0.587. The summed E-state index contributed by atoms with van der Waals surface area (Å²) in [4.78, 5) is 52.4. The van der Waals surface area contributed by atoms with Crippen molar-refractivity contribution in [1.29, 1.82) is 0 Å². The zero-order valence-electron chi connectivity index (χ0n) is 37.3. The fourth-order valence-corrected chi connectivity index (χ4v) is 8.76. The lowest BCUT2D eigenvalue weighted by molar-refractivity contribution is -0.156. The van der Waals surface area contributed by atoms with Crippen molar-refractivity contribution in [2.45, 2.75) is 124 Å². The number of cyclic esters (lactones) is 1. The maximum atomic E-state index is 14.4. The second-order valence-corrected chi connectivity index (χ2v) is 16.6. The number of carbonyl (C=O) groups excluding carboxylic acids is 3. The molecule has 0 aromatic heterocycles. The zero-order chi connectivity index (χ0) is 45.4. The van der Waals surface area contributed by atoms with Crippen LogP contribution in [0.4, 0.5) is 5.69 Å². The standard InChI is InChI=1S/C43H60N4O9.C2H2.CH4O/c1-21-13-12-14-23(3)41(52)44-35-34-33(45-43(46-34)17-15-25(5)47(10)26(6)20-43)30-31(38(35)51)37(50)28(8)40(54-11)32(30)42(53)55-18-16-22(2)39(56-29(9)48)27(7)36(49)24(4)19-21;2*1-2/h12-14,21-22,24-27,36,39,45,49-51H,15-20H2,1-11H3;1-2H;2H,1H3/b13-12+,23-14-,44-35?;;/t21-,22+,24+,25-,26+,27+,36+,39+,43-;;/m0../s1. The summed E-state index contributed by atoms with van der Waals surface area (Å²) >= 11 is 0. The van der Waals surface area contributed by atoms with E-state index in [9.17, 15) is 29.7 Å². The van der Waals surface area contributed by atoms with Crippen LogP contribution in [0.3, 0.4) is 0 Å². The van der Waals surface area contributed by atoms with Crippen molar-refractivity contribution in [3.8, 4) is 30.1 Å². The van der Waals surface area contributed by atoms with Gasteiger partial charge in [0.15, 0.2) is 5.75 Å². The fourth-order valence-electron chi connectivity index (χ4n) is 8.76. The Balaban J connectivity index is 0.00000233. The minimum absolute atomic E-state index is 0.0276. The number of nitrogens with zero attached hydrogens (tertiary/aromatic N) is 3. The molecule has 2 bridgehead atoms. The molecule has 3 aliphatic heterocycles. The van der Waals surface area contributed by atoms with Crippen LogP contribution in [-0.2, 0) is 19.1 Å². The number of ether oxygens (including phenoxy) is 3. The predicted molar refractivity (Wildman–Crippen MR) is 231 cm³/mol. The Bertz CT molecular complexity index is 2110. The lowest BCUT2D eigenvalue weighted by Gasteiger charge is -2.34. The maximum Gasteiger partial charge on any atom is 0.342 e. The maximum absolute atomic E-state index is 14.4. The molecular weight excluding hydrogens is 769 g/mol. The summed E-state index contributed by atoms with van der Waals surface area (Å²) in [6, 6.07) is 0.346. The van der Waals surface area contributed by atoms with Gasteiger partial charge < -0.3 is 44.9 Å². The molecule has 2 aromatic rings. The molecule has 2 aromatic carbocycles. The summed E-state index contributed by atoms with van der Waals surface area (Å²) in [5.41, 5.74) is -0.116. The van der Waals surface area contributed by atoms with Crippen LogP contribution in [0.2, 0.25) is 0 Å². The summed E-state index contributed by atoms with van der Waals surface area (Å²) in [5, 5.41) is 46.0. The van der Waals surface area contributed by atoms with E-state index in [1.807, 2.05) is 33.8 Å². The number of hydrogen-bond acceptors (Lipinski definition) is 13. The number of aliphatic hydroxyl groups is 2. The lowest BCUT2D eigenvalue weighted by atomic mass is 9.80. The number of rotatable bonds is 2. The minimum atomic E-state index is -0.876. The molecule has 0 radical (unpaired) electrons. The van der Waals surface area contributed by atoms with Crippen LogP contribution in [0, 0.1) is 43.4 Å². The van der Waals surface area contributed by atoms with E-state index in [0.29, 0.717) is 36.9 Å². The van der Waals surface area contributed by atoms with Gasteiger partial charge in [0, 0.05) is 55.0 Å². The molecule has 0 unspecified atom stereocenters. The number of nitrogens with one attached hydrogen (secondary N) is 1. The summed E-state index contributed by atoms with van der Waals surface area (Å²) in [6.45, 7) is 16.4. The molecule has 5 rings (SSSR count). The van der Waals surface area contributed by atoms with Crippen molar-refractivity contribution in [2.75, 3.05) is 33.2 Å². The number of likely N-dealkylation sites (tertiary alicyclic amines) is 1. The van der Waals surface area contributed by atoms with E-state index >= 15 is 0 Å². The number of phenols is 2. The number of aliphatic hydroxyl groups excluding tert-OH is 2. The largest absolute Gasteiger partial charge is 0.507 e. The molecule has 1 spiro atoms. The number of benzene rings is 2. The average Bonchev–Trinajstić information content (AvgIpc) is 3.55. The molecule has 14 heteroatoms. The molecule has 5 N–H and O–H groups in total. The normalized spacial score (nSPS) is 30.4. The van der Waals surface area contributed by atoms with Gasteiger partial charge in [-0.25, -0.2) is 9.79 Å². The number of aromatic hydroxyl groups is 2. The Morgan fingerprint density at radius 1 is 0.983 bits per heavy atom. The molecule has 1 fully saturated rings. The highest BCUT2D eigenvalue weighted by Crippen LogP contribution is 2.47. The van der Waals surface area contributed by atoms with E-state index < -0.39 is 47.4 Å². The molecular formula is C46H66N4O10. The van der Waals surface area contributed by atoms with Crippen LogP contribution in [0.25, 0.3) is 10.8 Å². The molecule has 1 amide bonds. The summed E-state index contributed by atoms with van der Waals surface area (Å²) < 4.78 is 17.5. The van der Waals surface area contributed by atoms with Crippen LogP contribution < -0.4 is 20.8 Å². The highest BCUT2D eigenvalue weighted by atomic mass is 16.5. The van der Waals surface area contributed by atoms with Crippen LogP contribution >= 0.6 is 0 Å². The minimum Gasteiger partial charge on any atom is -0.507 e. The third kappa shape index (κ3) is 10.3. The van der Waals surface area contributed by atoms with E-state index in [-0.39, 0.29) is 80.6 Å². The number of phenolic OH excluding ortho intramolecular Hbond substituents is 2. The number of methoxy groups -OCH3 is 1.